The summed E-state index contributed by atoms with van der Waals surface area (Å²) in [4.78, 5) is 4.39. The fraction of sp³-hybridized carbons (Fsp3) is 0.450. The van der Waals surface area contributed by atoms with Crippen molar-refractivity contribution in [2.45, 2.75) is 50.3 Å². The molecule has 2 N–H and O–H groups in total. The maximum Gasteiger partial charge on any atom is 0.191 e. The van der Waals surface area contributed by atoms with Crippen LogP contribution in [0.25, 0.3) is 0 Å². The number of aliphatic imine (C=N–C) groups is 1. The molecule has 2 aliphatic rings. The van der Waals surface area contributed by atoms with E-state index in [1.165, 1.54) is 18.4 Å². The van der Waals surface area contributed by atoms with Gasteiger partial charge in [0.2, 0.25) is 0 Å². The molecule has 25 heavy (non-hydrogen) atoms. The summed E-state index contributed by atoms with van der Waals surface area (Å²) in [6.45, 7) is 0.687. The van der Waals surface area contributed by atoms with Gasteiger partial charge in [0.1, 0.15) is 11.4 Å². The lowest BCUT2D eigenvalue weighted by atomic mass is 9.86. The molecule has 1 aliphatic heterocycles. The number of ether oxygens (including phenoxy) is 1. The number of hydrogen-bond acceptors (Lipinski definition) is 3. The summed E-state index contributed by atoms with van der Waals surface area (Å²) < 4.78 is 11.6. The van der Waals surface area contributed by atoms with Gasteiger partial charge in [-0.1, -0.05) is 18.2 Å². The molecule has 1 saturated carbocycles. The zero-order chi connectivity index (χ0) is 17.1. The van der Waals surface area contributed by atoms with Crippen LogP contribution in [-0.4, -0.2) is 18.6 Å². The summed E-state index contributed by atoms with van der Waals surface area (Å²) in [6, 6.07) is 10.5. The normalized spacial score (nSPS) is 21.6. The molecule has 2 heterocycles. The maximum absolute atomic E-state index is 6.43. The van der Waals surface area contributed by atoms with Crippen LogP contribution in [0.1, 0.15) is 49.3 Å². The first-order chi connectivity index (χ1) is 12.3. The molecular weight excluding hydrogens is 314 g/mol. The van der Waals surface area contributed by atoms with Crippen LogP contribution >= 0.6 is 0 Å². The van der Waals surface area contributed by atoms with Gasteiger partial charge in [-0.15, -0.1) is 0 Å². The molecule has 1 aromatic heterocycles. The molecule has 0 radical (unpaired) electrons. The summed E-state index contributed by atoms with van der Waals surface area (Å²) in [5.74, 6) is 1.81. The van der Waals surface area contributed by atoms with E-state index < -0.39 is 0 Å². The first kappa shape index (κ1) is 16.1. The minimum Gasteiger partial charge on any atom is -0.487 e. The molecule has 1 fully saturated rings. The van der Waals surface area contributed by atoms with Crippen molar-refractivity contribution in [2.24, 2.45) is 4.99 Å². The topological polar surface area (TPSA) is 58.8 Å². The van der Waals surface area contributed by atoms with E-state index >= 15 is 0 Å². The first-order valence-corrected chi connectivity index (χ1v) is 9.04. The predicted octanol–water partition coefficient (Wildman–Crippen LogP) is 3.78. The zero-order valence-corrected chi connectivity index (χ0v) is 14.6. The monoisotopic (exact) mass is 339 g/mol. The summed E-state index contributed by atoms with van der Waals surface area (Å²) >= 11 is 0. The highest BCUT2D eigenvalue weighted by atomic mass is 16.5. The fourth-order valence-corrected chi connectivity index (χ4v) is 4.01. The smallest absolute Gasteiger partial charge is 0.191 e. The van der Waals surface area contributed by atoms with E-state index in [0.717, 1.165) is 36.5 Å². The van der Waals surface area contributed by atoms with Gasteiger partial charge in [0.05, 0.1) is 18.6 Å². The Morgan fingerprint density at radius 1 is 1.24 bits per heavy atom. The van der Waals surface area contributed by atoms with Gasteiger partial charge in [0.15, 0.2) is 5.96 Å². The van der Waals surface area contributed by atoms with E-state index in [-0.39, 0.29) is 11.6 Å². The van der Waals surface area contributed by atoms with Gasteiger partial charge in [-0.05, 0) is 37.8 Å². The van der Waals surface area contributed by atoms with Crippen molar-refractivity contribution >= 4 is 5.96 Å². The van der Waals surface area contributed by atoms with Crippen LogP contribution in [0.15, 0.2) is 52.3 Å². The lowest BCUT2D eigenvalue weighted by Gasteiger charge is -2.40. The number of hydrogen-bond donors (Lipinski definition) is 2. The number of fused-ring (bicyclic) bond motifs is 1. The number of guanidine groups is 1. The van der Waals surface area contributed by atoms with Gasteiger partial charge in [0.25, 0.3) is 0 Å². The molecule has 0 saturated heterocycles. The van der Waals surface area contributed by atoms with Gasteiger partial charge < -0.3 is 19.8 Å². The Hall–Kier alpha value is -2.43. The van der Waals surface area contributed by atoms with Crippen LogP contribution in [0.4, 0.5) is 0 Å². The van der Waals surface area contributed by atoms with E-state index in [0.29, 0.717) is 6.54 Å². The van der Waals surface area contributed by atoms with E-state index in [1.54, 1.807) is 19.6 Å². The van der Waals surface area contributed by atoms with E-state index in [1.807, 2.05) is 6.07 Å². The first-order valence-electron chi connectivity index (χ1n) is 9.04. The number of nitrogens with zero attached hydrogens (tertiary/aromatic N) is 1. The van der Waals surface area contributed by atoms with Crippen molar-refractivity contribution in [1.29, 1.82) is 0 Å². The molecule has 5 heteroatoms. The summed E-state index contributed by atoms with van der Waals surface area (Å²) in [5.41, 5.74) is 2.30. The van der Waals surface area contributed by atoms with Crippen LogP contribution in [-0.2, 0) is 6.54 Å². The third kappa shape index (κ3) is 3.36. The highest BCUT2D eigenvalue weighted by Gasteiger charge is 2.43. The molecule has 4 rings (SSSR count). The van der Waals surface area contributed by atoms with E-state index in [2.05, 4.69) is 39.9 Å². The third-order valence-corrected chi connectivity index (χ3v) is 5.29. The zero-order valence-electron chi connectivity index (χ0n) is 14.6. The van der Waals surface area contributed by atoms with Crippen LogP contribution < -0.4 is 15.4 Å². The van der Waals surface area contributed by atoms with Gasteiger partial charge in [-0.3, -0.25) is 4.99 Å². The molecule has 1 aromatic carbocycles. The minimum atomic E-state index is -0.0184. The lowest BCUT2D eigenvalue weighted by Crippen LogP contribution is -2.46. The predicted molar refractivity (Wildman–Crippen MR) is 97.7 cm³/mol. The highest BCUT2D eigenvalue weighted by Crippen LogP contribution is 2.46. The minimum absolute atomic E-state index is 0.0184. The largest absolute Gasteiger partial charge is 0.487 e. The Morgan fingerprint density at radius 3 is 2.84 bits per heavy atom. The summed E-state index contributed by atoms with van der Waals surface area (Å²) in [5, 5.41) is 6.97. The Kier molecular flexibility index (Phi) is 4.38. The lowest BCUT2D eigenvalue weighted by molar-refractivity contribution is 0.0396. The second-order valence-corrected chi connectivity index (χ2v) is 6.99. The Labute approximate surface area is 148 Å². The Balaban J connectivity index is 1.51. The van der Waals surface area contributed by atoms with Gasteiger partial charge in [-0.25, -0.2) is 0 Å². The molecule has 1 atom stereocenters. The van der Waals surface area contributed by atoms with Crippen molar-refractivity contribution in [1.82, 2.24) is 10.6 Å². The molecule has 132 valence electrons. The second kappa shape index (κ2) is 6.82. The van der Waals surface area contributed by atoms with Crippen LogP contribution in [0, 0.1) is 0 Å². The van der Waals surface area contributed by atoms with Crippen molar-refractivity contribution < 1.29 is 9.15 Å². The second-order valence-electron chi connectivity index (χ2n) is 6.99. The van der Waals surface area contributed by atoms with E-state index in [4.69, 9.17) is 9.15 Å². The molecule has 1 aliphatic carbocycles. The van der Waals surface area contributed by atoms with Crippen molar-refractivity contribution in [3.05, 3.63) is 54.0 Å². The molecule has 1 unspecified atom stereocenters. The molecule has 1 spiro atoms. The number of rotatable bonds is 3. The van der Waals surface area contributed by atoms with Crippen molar-refractivity contribution in [3.8, 4) is 5.75 Å². The number of nitrogens with one attached hydrogen (secondary N) is 2. The quantitative estimate of drug-likeness (QED) is 0.660. The molecule has 2 aromatic rings. The van der Waals surface area contributed by atoms with Crippen molar-refractivity contribution in [3.63, 3.8) is 0 Å². The van der Waals surface area contributed by atoms with Crippen LogP contribution in [0.5, 0.6) is 5.75 Å². The van der Waals surface area contributed by atoms with Gasteiger partial charge >= 0.3 is 0 Å². The molecule has 5 nitrogen and oxygen atoms in total. The molecule has 0 bridgehead atoms. The summed E-state index contributed by atoms with van der Waals surface area (Å²) in [7, 11) is 1.81. The van der Waals surface area contributed by atoms with Crippen molar-refractivity contribution in [2.75, 3.05) is 7.05 Å². The number of benzene rings is 1. The maximum atomic E-state index is 6.43. The summed E-state index contributed by atoms with van der Waals surface area (Å²) in [6.07, 6.45) is 9.20. The average molecular weight is 339 g/mol. The number of para-hydroxylation sites is 1. The Bertz CT molecular complexity index is 733. The number of furan rings is 1. The van der Waals surface area contributed by atoms with E-state index in [9.17, 15) is 0 Å². The Morgan fingerprint density at radius 2 is 2.08 bits per heavy atom. The fourth-order valence-electron chi connectivity index (χ4n) is 4.01. The molecular formula is C20H25N3O2. The third-order valence-electron chi connectivity index (χ3n) is 5.29. The van der Waals surface area contributed by atoms with Gasteiger partial charge in [-0.2, -0.15) is 0 Å². The molecule has 0 amide bonds. The SMILES string of the molecule is CN=C(NCc1ccoc1)NC1CC2(CCCC2)Oc2ccccc21. The van der Waals surface area contributed by atoms with Crippen LogP contribution in [0.2, 0.25) is 0 Å². The standard InChI is InChI=1S/C20H25N3O2/c1-21-19(22-13-15-8-11-24-14-15)23-17-12-20(9-4-5-10-20)25-18-7-3-2-6-16(17)18/h2-3,6-8,11,14,17H,4-5,9-10,12-13H2,1H3,(H2,21,22,23). The average Bonchev–Trinajstić information content (AvgIpc) is 3.31. The highest BCUT2D eigenvalue weighted by molar-refractivity contribution is 5.80. The van der Waals surface area contributed by atoms with Gasteiger partial charge in [0, 0.05) is 31.1 Å². The van der Waals surface area contributed by atoms with Crippen LogP contribution in [0.3, 0.4) is 0 Å².